The van der Waals surface area contributed by atoms with E-state index in [2.05, 4.69) is 16.0 Å². The van der Waals surface area contributed by atoms with Crippen LogP contribution in [0.15, 0.2) is 0 Å². The van der Waals surface area contributed by atoms with Crippen molar-refractivity contribution < 1.29 is 9.59 Å². The third-order valence-electron chi connectivity index (χ3n) is 2.31. The van der Waals surface area contributed by atoms with Crippen LogP contribution in [0, 0.1) is 0 Å². The Morgan fingerprint density at radius 3 is 2.11 bits per heavy atom. The van der Waals surface area contributed by atoms with Crippen LogP contribution in [0.25, 0.3) is 0 Å². The summed E-state index contributed by atoms with van der Waals surface area (Å²) in [6, 6.07) is 0.262. The molecule has 2 amide bonds. The Morgan fingerprint density at radius 1 is 1.06 bits per heavy atom. The molecule has 3 N–H and O–H groups in total. The van der Waals surface area contributed by atoms with Crippen molar-refractivity contribution in [3.05, 3.63) is 0 Å². The Kier molecular flexibility index (Phi) is 13.7. The topological polar surface area (TPSA) is 70.2 Å². The number of likely N-dealkylation sites (N-methyl/N-ethyl adjacent to an activating group) is 1. The Balaban J connectivity index is 0. The molecule has 18 heavy (non-hydrogen) atoms. The third-order valence-corrected chi connectivity index (χ3v) is 2.31. The molecular weight excluding hydrogens is 254 g/mol. The second-order valence-electron chi connectivity index (χ2n) is 4.11. The molecule has 0 unspecified atom stereocenters. The largest absolute Gasteiger partial charge is 0.356 e. The molecule has 0 aromatic rings. The zero-order valence-corrected chi connectivity index (χ0v) is 12.4. The summed E-state index contributed by atoms with van der Waals surface area (Å²) in [5.41, 5.74) is 0. The van der Waals surface area contributed by atoms with Gasteiger partial charge in [-0.25, -0.2) is 0 Å². The van der Waals surface area contributed by atoms with E-state index in [0.717, 1.165) is 13.0 Å². The van der Waals surface area contributed by atoms with E-state index in [9.17, 15) is 9.59 Å². The van der Waals surface area contributed by atoms with Gasteiger partial charge < -0.3 is 16.0 Å². The van der Waals surface area contributed by atoms with E-state index in [1.54, 1.807) is 0 Å². The van der Waals surface area contributed by atoms with E-state index in [-0.39, 0.29) is 43.1 Å². The van der Waals surface area contributed by atoms with E-state index in [0.29, 0.717) is 13.1 Å². The van der Waals surface area contributed by atoms with Crippen molar-refractivity contribution in [2.45, 2.75) is 46.1 Å². The van der Waals surface area contributed by atoms with Crippen molar-refractivity contribution in [3.8, 4) is 0 Å². The summed E-state index contributed by atoms with van der Waals surface area (Å²) in [6.45, 7) is 8.20. The van der Waals surface area contributed by atoms with Gasteiger partial charge in [-0.1, -0.05) is 13.8 Å². The van der Waals surface area contributed by atoms with Crippen LogP contribution in [0.4, 0.5) is 0 Å². The van der Waals surface area contributed by atoms with Crippen molar-refractivity contribution in [2.24, 2.45) is 0 Å². The second-order valence-corrected chi connectivity index (χ2v) is 4.11. The molecule has 1 atom stereocenters. The van der Waals surface area contributed by atoms with E-state index < -0.39 is 0 Å². The van der Waals surface area contributed by atoms with Crippen molar-refractivity contribution in [1.29, 1.82) is 0 Å². The van der Waals surface area contributed by atoms with E-state index in [1.165, 1.54) is 0 Å². The zero-order chi connectivity index (χ0) is 13.1. The summed E-state index contributed by atoms with van der Waals surface area (Å²) < 4.78 is 0. The van der Waals surface area contributed by atoms with Gasteiger partial charge in [-0.3, -0.25) is 9.59 Å². The lowest BCUT2D eigenvalue weighted by Gasteiger charge is -2.13. The summed E-state index contributed by atoms with van der Waals surface area (Å²) in [6.07, 6.45) is 1.44. The van der Waals surface area contributed by atoms with Crippen LogP contribution in [-0.2, 0) is 9.59 Å². The monoisotopic (exact) mass is 279 g/mol. The number of hydrogen-bond donors (Lipinski definition) is 3. The highest BCUT2D eigenvalue weighted by atomic mass is 35.5. The Labute approximate surface area is 116 Å². The Morgan fingerprint density at radius 2 is 1.61 bits per heavy atom. The van der Waals surface area contributed by atoms with E-state index in [1.807, 2.05) is 20.8 Å². The fraction of sp³-hybridized carbons (Fsp3) is 0.833. The smallest absolute Gasteiger partial charge is 0.220 e. The molecule has 0 rings (SSSR count). The predicted molar refractivity (Wildman–Crippen MR) is 75.9 cm³/mol. The van der Waals surface area contributed by atoms with Crippen LogP contribution < -0.4 is 16.0 Å². The normalized spacial score (nSPS) is 11.3. The first-order valence-corrected chi connectivity index (χ1v) is 6.36. The van der Waals surface area contributed by atoms with Gasteiger partial charge >= 0.3 is 0 Å². The maximum atomic E-state index is 11.4. The van der Waals surface area contributed by atoms with Crippen molar-refractivity contribution >= 4 is 24.2 Å². The maximum Gasteiger partial charge on any atom is 0.220 e. The molecule has 0 aliphatic rings. The maximum absolute atomic E-state index is 11.4. The molecule has 6 heteroatoms. The molecule has 0 fully saturated rings. The van der Waals surface area contributed by atoms with Crippen molar-refractivity contribution in [1.82, 2.24) is 16.0 Å². The third kappa shape index (κ3) is 11.7. The highest BCUT2D eigenvalue weighted by Crippen LogP contribution is 1.90. The van der Waals surface area contributed by atoms with Gasteiger partial charge in [0.05, 0.1) is 0 Å². The van der Waals surface area contributed by atoms with Gasteiger partial charge in [0.2, 0.25) is 11.8 Å². The van der Waals surface area contributed by atoms with Crippen LogP contribution in [0.1, 0.15) is 40.0 Å². The summed E-state index contributed by atoms with van der Waals surface area (Å²) in [5.74, 6) is -0.122. The minimum atomic E-state index is -0.0681. The molecule has 0 heterocycles. The van der Waals surface area contributed by atoms with Gasteiger partial charge in [0, 0.05) is 32.0 Å². The molecular formula is C12H26ClN3O2. The number of halogens is 1. The fourth-order valence-corrected chi connectivity index (χ4v) is 1.36. The van der Waals surface area contributed by atoms with Crippen LogP contribution in [-0.4, -0.2) is 37.5 Å². The lowest BCUT2D eigenvalue weighted by Crippen LogP contribution is -2.39. The molecule has 0 aromatic heterocycles. The molecule has 0 saturated heterocycles. The average molecular weight is 280 g/mol. The molecule has 0 saturated carbocycles. The minimum Gasteiger partial charge on any atom is -0.356 e. The van der Waals surface area contributed by atoms with Gasteiger partial charge in [-0.15, -0.1) is 12.4 Å². The number of rotatable bonds is 9. The number of nitrogens with one attached hydrogen (secondary N) is 3. The first-order valence-electron chi connectivity index (χ1n) is 6.36. The second kappa shape index (κ2) is 12.6. The van der Waals surface area contributed by atoms with Gasteiger partial charge in [0.15, 0.2) is 0 Å². The average Bonchev–Trinajstić information content (AvgIpc) is 2.31. The Hall–Kier alpha value is -0.810. The molecule has 0 aliphatic heterocycles. The quantitative estimate of drug-likeness (QED) is 0.585. The van der Waals surface area contributed by atoms with Crippen molar-refractivity contribution in [2.75, 3.05) is 19.6 Å². The fourth-order valence-electron chi connectivity index (χ4n) is 1.36. The van der Waals surface area contributed by atoms with Crippen molar-refractivity contribution in [3.63, 3.8) is 0 Å². The predicted octanol–water partition coefficient (Wildman–Crippen LogP) is 0.829. The SMILES string of the molecule is CCCNC(=O)CCC(=O)NC[C@@H](C)NCC.Cl. The van der Waals surface area contributed by atoms with Gasteiger partial charge in [-0.05, 0) is 19.9 Å². The number of carbonyl (C=O) groups is 2. The summed E-state index contributed by atoms with van der Waals surface area (Å²) in [5, 5.41) is 8.74. The molecule has 0 spiro atoms. The summed E-state index contributed by atoms with van der Waals surface area (Å²) >= 11 is 0. The lowest BCUT2D eigenvalue weighted by molar-refractivity contribution is -0.126. The Bertz CT molecular complexity index is 237. The molecule has 0 radical (unpaired) electrons. The molecule has 108 valence electrons. The van der Waals surface area contributed by atoms with Crippen LogP contribution >= 0.6 is 12.4 Å². The first-order chi connectivity index (χ1) is 8.10. The lowest BCUT2D eigenvalue weighted by atomic mass is 10.2. The standard InChI is InChI=1S/C12H25N3O2.ClH/c1-4-8-14-11(16)6-7-12(17)15-9-10(3)13-5-2;/h10,13H,4-9H2,1-3H3,(H,14,16)(H,15,17);1H/t10-;/m1./s1. The number of amides is 2. The molecule has 0 aromatic carbocycles. The zero-order valence-electron chi connectivity index (χ0n) is 11.5. The summed E-state index contributed by atoms with van der Waals surface area (Å²) in [7, 11) is 0. The number of carbonyl (C=O) groups excluding carboxylic acids is 2. The van der Waals surface area contributed by atoms with E-state index >= 15 is 0 Å². The highest BCUT2D eigenvalue weighted by Gasteiger charge is 2.07. The van der Waals surface area contributed by atoms with E-state index in [4.69, 9.17) is 0 Å². The van der Waals surface area contributed by atoms with Crippen LogP contribution in [0.3, 0.4) is 0 Å². The molecule has 0 bridgehead atoms. The van der Waals surface area contributed by atoms with Gasteiger partial charge in [-0.2, -0.15) is 0 Å². The van der Waals surface area contributed by atoms with Gasteiger partial charge in [0.1, 0.15) is 0 Å². The van der Waals surface area contributed by atoms with Gasteiger partial charge in [0.25, 0.3) is 0 Å². The number of hydrogen-bond acceptors (Lipinski definition) is 3. The minimum absolute atomic E-state index is 0. The van der Waals surface area contributed by atoms with Crippen LogP contribution in [0.5, 0.6) is 0 Å². The molecule has 0 aliphatic carbocycles. The van der Waals surface area contributed by atoms with Crippen LogP contribution in [0.2, 0.25) is 0 Å². The molecule has 5 nitrogen and oxygen atoms in total. The summed E-state index contributed by atoms with van der Waals surface area (Å²) in [4.78, 5) is 22.7. The first kappa shape index (κ1) is 19.5. The highest BCUT2D eigenvalue weighted by molar-refractivity contribution is 5.85.